The summed E-state index contributed by atoms with van der Waals surface area (Å²) in [7, 11) is 0. The van der Waals surface area contributed by atoms with Gasteiger partial charge in [-0.3, -0.25) is 14.4 Å². The average molecular weight is 490 g/mol. The standard InChI is InChI=1S/C22H15Cl3N4O3/c23-14-7-9-16(10-8-14)27-20(30)17-3-1-2-4-19(17)28-21(31)22(32)29-26-12-13-5-6-15(24)11-18(13)25/h1-12H,(H,27,30)(H,28,31)(H,29,32). The van der Waals surface area contributed by atoms with E-state index in [1.165, 1.54) is 24.4 Å². The Labute approximate surface area is 198 Å². The Hall–Kier alpha value is -3.39. The van der Waals surface area contributed by atoms with Gasteiger partial charge in [-0.05, 0) is 48.5 Å². The van der Waals surface area contributed by atoms with Crippen molar-refractivity contribution in [2.24, 2.45) is 5.10 Å². The first kappa shape index (κ1) is 23.3. The van der Waals surface area contributed by atoms with Crippen molar-refractivity contribution in [3.63, 3.8) is 0 Å². The maximum absolute atomic E-state index is 12.6. The second-order valence-electron chi connectivity index (χ2n) is 6.33. The van der Waals surface area contributed by atoms with E-state index >= 15 is 0 Å². The van der Waals surface area contributed by atoms with E-state index in [-0.39, 0.29) is 11.3 Å². The van der Waals surface area contributed by atoms with Crippen molar-refractivity contribution in [1.82, 2.24) is 5.43 Å². The van der Waals surface area contributed by atoms with Crippen LogP contribution in [-0.4, -0.2) is 23.9 Å². The fraction of sp³-hybridized carbons (Fsp3) is 0. The molecular formula is C22H15Cl3N4O3. The molecule has 0 atom stereocenters. The lowest BCUT2D eigenvalue weighted by atomic mass is 10.1. The lowest BCUT2D eigenvalue weighted by Crippen LogP contribution is -2.33. The minimum absolute atomic E-state index is 0.156. The number of halogens is 3. The molecule has 32 heavy (non-hydrogen) atoms. The summed E-state index contributed by atoms with van der Waals surface area (Å²) in [4.78, 5) is 36.9. The van der Waals surface area contributed by atoms with Crippen LogP contribution < -0.4 is 16.1 Å². The number of anilines is 2. The van der Waals surface area contributed by atoms with E-state index in [9.17, 15) is 14.4 Å². The van der Waals surface area contributed by atoms with E-state index in [0.29, 0.717) is 26.3 Å². The third-order valence-electron chi connectivity index (χ3n) is 4.06. The molecule has 0 aliphatic carbocycles. The van der Waals surface area contributed by atoms with E-state index in [2.05, 4.69) is 21.2 Å². The normalized spacial score (nSPS) is 10.6. The topological polar surface area (TPSA) is 99.7 Å². The number of hydrazone groups is 1. The van der Waals surface area contributed by atoms with Crippen LogP contribution in [0, 0.1) is 0 Å². The molecule has 0 aromatic heterocycles. The first-order valence-electron chi connectivity index (χ1n) is 9.09. The van der Waals surface area contributed by atoms with Crippen molar-refractivity contribution in [3.8, 4) is 0 Å². The minimum Gasteiger partial charge on any atom is -0.322 e. The third kappa shape index (κ3) is 6.31. The van der Waals surface area contributed by atoms with Crippen molar-refractivity contribution in [3.05, 3.63) is 92.9 Å². The van der Waals surface area contributed by atoms with Gasteiger partial charge in [-0.1, -0.05) is 53.0 Å². The number of carbonyl (C=O) groups excluding carboxylic acids is 3. The molecule has 0 aliphatic heterocycles. The number of benzene rings is 3. The average Bonchev–Trinajstić information content (AvgIpc) is 2.77. The zero-order valence-corrected chi connectivity index (χ0v) is 18.5. The molecule has 162 valence electrons. The summed E-state index contributed by atoms with van der Waals surface area (Å²) in [6.45, 7) is 0. The molecule has 3 rings (SSSR count). The second kappa shape index (κ2) is 10.8. The molecule has 0 unspecified atom stereocenters. The maximum atomic E-state index is 12.6. The summed E-state index contributed by atoms with van der Waals surface area (Å²) in [5.41, 5.74) is 3.45. The summed E-state index contributed by atoms with van der Waals surface area (Å²) >= 11 is 17.7. The summed E-state index contributed by atoms with van der Waals surface area (Å²) in [5, 5.41) is 10.1. The van der Waals surface area contributed by atoms with Crippen LogP contribution >= 0.6 is 34.8 Å². The molecule has 3 aromatic rings. The molecule has 0 heterocycles. The molecule has 0 aliphatic rings. The molecule has 0 saturated carbocycles. The van der Waals surface area contributed by atoms with Crippen molar-refractivity contribution in [2.75, 3.05) is 10.6 Å². The summed E-state index contributed by atoms with van der Waals surface area (Å²) in [6, 6.07) is 17.5. The molecule has 0 radical (unpaired) electrons. The Kier molecular flexibility index (Phi) is 7.83. The molecule has 3 amide bonds. The molecule has 7 nitrogen and oxygen atoms in total. The van der Waals surface area contributed by atoms with E-state index in [1.54, 1.807) is 48.5 Å². The fourth-order valence-electron chi connectivity index (χ4n) is 2.52. The molecular weight excluding hydrogens is 475 g/mol. The van der Waals surface area contributed by atoms with Gasteiger partial charge in [0.2, 0.25) is 0 Å². The number of hydrogen-bond acceptors (Lipinski definition) is 4. The molecule has 0 spiro atoms. The van der Waals surface area contributed by atoms with Crippen molar-refractivity contribution in [1.29, 1.82) is 0 Å². The summed E-state index contributed by atoms with van der Waals surface area (Å²) in [6.07, 6.45) is 1.28. The van der Waals surface area contributed by atoms with Crippen LogP contribution in [0.3, 0.4) is 0 Å². The van der Waals surface area contributed by atoms with Crippen LogP contribution in [0.5, 0.6) is 0 Å². The van der Waals surface area contributed by atoms with Crippen LogP contribution in [0.25, 0.3) is 0 Å². The van der Waals surface area contributed by atoms with Gasteiger partial charge in [-0.2, -0.15) is 5.10 Å². The van der Waals surface area contributed by atoms with E-state index in [1.807, 2.05) is 0 Å². The highest BCUT2D eigenvalue weighted by Gasteiger charge is 2.17. The monoisotopic (exact) mass is 488 g/mol. The molecule has 0 saturated heterocycles. The Bertz CT molecular complexity index is 1200. The summed E-state index contributed by atoms with van der Waals surface area (Å²) in [5.74, 6) is -2.51. The van der Waals surface area contributed by atoms with Gasteiger partial charge in [-0.15, -0.1) is 0 Å². The SMILES string of the molecule is O=C(NN=Cc1ccc(Cl)cc1Cl)C(=O)Nc1ccccc1C(=O)Nc1ccc(Cl)cc1. The summed E-state index contributed by atoms with van der Waals surface area (Å²) < 4.78 is 0. The number of para-hydroxylation sites is 1. The van der Waals surface area contributed by atoms with Gasteiger partial charge < -0.3 is 10.6 Å². The smallest absolute Gasteiger partial charge is 0.322 e. The van der Waals surface area contributed by atoms with Crippen LogP contribution in [0.1, 0.15) is 15.9 Å². The van der Waals surface area contributed by atoms with Crippen LogP contribution in [-0.2, 0) is 9.59 Å². The first-order valence-corrected chi connectivity index (χ1v) is 10.2. The minimum atomic E-state index is -1.03. The van der Waals surface area contributed by atoms with Crippen LogP contribution in [0.4, 0.5) is 11.4 Å². The Balaban J connectivity index is 1.64. The Morgan fingerprint density at radius 1 is 0.781 bits per heavy atom. The lowest BCUT2D eigenvalue weighted by Gasteiger charge is -2.11. The number of amides is 3. The largest absolute Gasteiger partial charge is 0.329 e. The van der Waals surface area contributed by atoms with E-state index in [4.69, 9.17) is 34.8 Å². The number of nitrogens with zero attached hydrogens (tertiary/aromatic N) is 1. The number of nitrogens with one attached hydrogen (secondary N) is 3. The van der Waals surface area contributed by atoms with Gasteiger partial charge in [0.15, 0.2) is 0 Å². The number of carbonyl (C=O) groups is 3. The third-order valence-corrected chi connectivity index (χ3v) is 4.87. The fourth-order valence-corrected chi connectivity index (χ4v) is 3.10. The lowest BCUT2D eigenvalue weighted by molar-refractivity contribution is -0.136. The van der Waals surface area contributed by atoms with Gasteiger partial charge >= 0.3 is 11.8 Å². The van der Waals surface area contributed by atoms with Gasteiger partial charge in [-0.25, -0.2) is 5.43 Å². The van der Waals surface area contributed by atoms with E-state index < -0.39 is 17.7 Å². The number of rotatable bonds is 5. The highest BCUT2D eigenvalue weighted by molar-refractivity contribution is 6.40. The van der Waals surface area contributed by atoms with Crippen molar-refractivity contribution < 1.29 is 14.4 Å². The van der Waals surface area contributed by atoms with Gasteiger partial charge in [0.25, 0.3) is 5.91 Å². The molecule has 0 bridgehead atoms. The maximum Gasteiger partial charge on any atom is 0.329 e. The molecule has 3 aromatic carbocycles. The zero-order valence-electron chi connectivity index (χ0n) is 16.2. The van der Waals surface area contributed by atoms with Crippen LogP contribution in [0.15, 0.2) is 71.8 Å². The first-order chi connectivity index (χ1) is 15.3. The van der Waals surface area contributed by atoms with E-state index in [0.717, 1.165) is 0 Å². The molecule has 3 N–H and O–H groups in total. The highest BCUT2D eigenvalue weighted by Crippen LogP contribution is 2.20. The zero-order chi connectivity index (χ0) is 23.1. The quantitative estimate of drug-likeness (QED) is 0.267. The van der Waals surface area contributed by atoms with Crippen molar-refractivity contribution in [2.45, 2.75) is 0 Å². The van der Waals surface area contributed by atoms with Gasteiger partial charge in [0, 0.05) is 21.3 Å². The number of hydrogen-bond donors (Lipinski definition) is 3. The molecule has 10 heteroatoms. The molecule has 0 fully saturated rings. The predicted octanol–water partition coefficient (Wildman–Crippen LogP) is 4.99. The second-order valence-corrected chi connectivity index (χ2v) is 7.61. The predicted molar refractivity (Wildman–Crippen MR) is 127 cm³/mol. The Morgan fingerprint density at radius 2 is 1.47 bits per heavy atom. The highest BCUT2D eigenvalue weighted by atomic mass is 35.5. The van der Waals surface area contributed by atoms with Gasteiger partial charge in [0.1, 0.15) is 0 Å². The van der Waals surface area contributed by atoms with Crippen LogP contribution in [0.2, 0.25) is 15.1 Å². The Morgan fingerprint density at radius 3 is 2.19 bits per heavy atom. The van der Waals surface area contributed by atoms with Crippen molar-refractivity contribution >= 4 is 70.1 Å². The van der Waals surface area contributed by atoms with Gasteiger partial charge in [0.05, 0.1) is 22.5 Å².